The molecular weight excluding hydrogens is 1010 g/mol. The van der Waals surface area contributed by atoms with Crippen LogP contribution in [0.5, 0.6) is 23.0 Å². The first kappa shape index (κ1) is 47.1. The summed E-state index contributed by atoms with van der Waals surface area (Å²) in [7, 11) is 0. The summed E-state index contributed by atoms with van der Waals surface area (Å²) in [6, 6.07) is 113. The number of hydrogen-bond donors (Lipinski definition) is 0. The van der Waals surface area contributed by atoms with E-state index in [1.54, 1.807) is 0 Å². The molecule has 0 bridgehead atoms. The molecule has 0 radical (unpaired) electrons. The van der Waals surface area contributed by atoms with Gasteiger partial charge in [0, 0.05) is 39.3 Å². The molecule has 0 amide bonds. The third-order valence-electron chi connectivity index (χ3n) is 18.0. The van der Waals surface area contributed by atoms with E-state index in [-0.39, 0.29) is 0 Å². The van der Waals surface area contributed by atoms with Crippen molar-refractivity contribution in [2.75, 3.05) is 4.90 Å². The first-order chi connectivity index (χ1) is 41.1. The molecule has 388 valence electrons. The third-order valence-corrected chi connectivity index (χ3v) is 18.0. The molecule has 3 heteroatoms. The average Bonchev–Trinajstić information content (AvgIpc) is 1.70. The van der Waals surface area contributed by atoms with E-state index in [0.29, 0.717) is 0 Å². The molecule has 0 saturated heterocycles. The van der Waals surface area contributed by atoms with Crippen molar-refractivity contribution in [3.8, 4) is 89.8 Å². The van der Waals surface area contributed by atoms with Crippen LogP contribution in [0.25, 0.3) is 66.8 Å². The summed E-state index contributed by atoms with van der Waals surface area (Å²) in [4.78, 5) is 2.43. The second-order valence-electron chi connectivity index (χ2n) is 22.2. The van der Waals surface area contributed by atoms with Crippen LogP contribution >= 0.6 is 0 Å². The lowest BCUT2D eigenvalue weighted by molar-refractivity contribution is 0.436. The van der Waals surface area contributed by atoms with Gasteiger partial charge in [0.15, 0.2) is 0 Å². The third kappa shape index (κ3) is 6.92. The van der Waals surface area contributed by atoms with E-state index in [9.17, 15) is 0 Å². The van der Waals surface area contributed by atoms with Crippen LogP contribution in [0.3, 0.4) is 0 Å². The fourth-order valence-corrected chi connectivity index (χ4v) is 14.6. The number of fused-ring (bicyclic) bond motifs is 18. The van der Waals surface area contributed by atoms with Gasteiger partial charge < -0.3 is 14.4 Å². The molecule has 2 spiro atoms. The highest BCUT2D eigenvalue weighted by atomic mass is 16.5. The van der Waals surface area contributed by atoms with Crippen molar-refractivity contribution in [2.45, 2.75) is 10.8 Å². The molecule has 13 aromatic rings. The number of anilines is 3. The number of rotatable bonds is 7. The minimum Gasteiger partial charge on any atom is -0.457 e. The summed E-state index contributed by atoms with van der Waals surface area (Å²) in [5.41, 5.74) is 26.0. The lowest BCUT2D eigenvalue weighted by Gasteiger charge is -2.39. The van der Waals surface area contributed by atoms with Crippen molar-refractivity contribution in [3.05, 3.63) is 354 Å². The van der Waals surface area contributed by atoms with E-state index >= 15 is 0 Å². The van der Waals surface area contributed by atoms with Crippen molar-refractivity contribution < 1.29 is 9.47 Å². The van der Waals surface area contributed by atoms with Crippen molar-refractivity contribution in [1.29, 1.82) is 0 Å². The Morgan fingerprint density at radius 1 is 0.205 bits per heavy atom. The Labute approximate surface area is 483 Å². The van der Waals surface area contributed by atoms with Gasteiger partial charge in [-0.25, -0.2) is 0 Å². The molecule has 2 heterocycles. The van der Waals surface area contributed by atoms with Crippen LogP contribution in [0, 0.1) is 0 Å². The number of benzene rings is 13. The van der Waals surface area contributed by atoms with Gasteiger partial charge in [-0.1, -0.05) is 237 Å². The number of hydrogen-bond acceptors (Lipinski definition) is 3. The molecule has 4 aliphatic rings. The molecule has 0 aromatic heterocycles. The van der Waals surface area contributed by atoms with E-state index < -0.39 is 10.8 Å². The molecule has 3 nitrogen and oxygen atoms in total. The van der Waals surface area contributed by atoms with Gasteiger partial charge in [-0.2, -0.15) is 0 Å². The molecule has 17 rings (SSSR count). The van der Waals surface area contributed by atoms with Crippen LogP contribution in [0.1, 0.15) is 44.5 Å². The zero-order chi connectivity index (χ0) is 54.6. The zero-order valence-electron chi connectivity index (χ0n) is 45.2. The molecule has 2 aliphatic heterocycles. The fraction of sp³-hybridized carbons (Fsp3) is 0.0250. The van der Waals surface area contributed by atoms with Gasteiger partial charge in [0.25, 0.3) is 0 Å². The fourth-order valence-electron chi connectivity index (χ4n) is 14.6. The van der Waals surface area contributed by atoms with Crippen LogP contribution in [-0.2, 0) is 10.8 Å². The number of nitrogens with zero attached hydrogens (tertiary/aromatic N) is 1. The summed E-state index contributed by atoms with van der Waals surface area (Å²) in [6.07, 6.45) is 0. The topological polar surface area (TPSA) is 21.7 Å². The summed E-state index contributed by atoms with van der Waals surface area (Å²) in [6.45, 7) is 0. The SMILES string of the molecule is c1ccc(-c2cccc(-c3ccc(N(c4cccc(-c5ccc6c(c5)C5(c7ccccc7Oc7ccccc75)c5ccccc5-6)c4)c4cccc(-c5cccc6c5-c5ccccc5C65c6ccccc6Oc6ccccc65)c4)cc3)c2)cc1. The maximum atomic E-state index is 6.71. The normalized spacial score (nSPS) is 13.7. The van der Waals surface area contributed by atoms with Crippen LogP contribution in [0.2, 0.25) is 0 Å². The summed E-state index contributed by atoms with van der Waals surface area (Å²) >= 11 is 0. The average molecular weight is 1060 g/mol. The Morgan fingerprint density at radius 3 is 1.18 bits per heavy atom. The van der Waals surface area contributed by atoms with Gasteiger partial charge in [-0.3, -0.25) is 0 Å². The van der Waals surface area contributed by atoms with E-state index in [4.69, 9.17) is 9.47 Å². The Balaban J connectivity index is 0.832. The Kier molecular flexibility index (Phi) is 10.4. The molecule has 2 aliphatic carbocycles. The summed E-state index contributed by atoms with van der Waals surface area (Å²) in [5, 5.41) is 0. The molecule has 0 unspecified atom stereocenters. The maximum absolute atomic E-state index is 6.71. The Hall–Kier alpha value is -10.7. The molecular formula is C80H51NO2. The molecule has 0 atom stereocenters. The minimum absolute atomic E-state index is 0.572. The van der Waals surface area contributed by atoms with Crippen LogP contribution in [-0.4, -0.2) is 0 Å². The van der Waals surface area contributed by atoms with Crippen molar-refractivity contribution in [2.24, 2.45) is 0 Å². The predicted molar refractivity (Wildman–Crippen MR) is 338 cm³/mol. The Bertz CT molecular complexity index is 4670. The van der Waals surface area contributed by atoms with Crippen molar-refractivity contribution >= 4 is 17.1 Å². The van der Waals surface area contributed by atoms with Crippen LogP contribution in [0.4, 0.5) is 17.1 Å². The molecule has 83 heavy (non-hydrogen) atoms. The van der Waals surface area contributed by atoms with Gasteiger partial charge in [0.05, 0.1) is 10.8 Å². The maximum Gasteiger partial charge on any atom is 0.132 e. The first-order valence-corrected chi connectivity index (χ1v) is 28.6. The highest BCUT2D eigenvalue weighted by Gasteiger charge is 2.53. The smallest absolute Gasteiger partial charge is 0.132 e. The quantitative estimate of drug-likeness (QED) is 0.159. The largest absolute Gasteiger partial charge is 0.457 e. The molecule has 0 saturated carbocycles. The summed E-state index contributed by atoms with van der Waals surface area (Å²) in [5.74, 6) is 3.55. The molecule has 13 aromatic carbocycles. The van der Waals surface area contributed by atoms with E-state index in [1.807, 2.05) is 0 Å². The van der Waals surface area contributed by atoms with Crippen LogP contribution in [0.15, 0.2) is 309 Å². The van der Waals surface area contributed by atoms with Gasteiger partial charge in [0.1, 0.15) is 23.0 Å². The van der Waals surface area contributed by atoms with Gasteiger partial charge in [-0.15, -0.1) is 0 Å². The van der Waals surface area contributed by atoms with Gasteiger partial charge in [-0.05, 0) is 162 Å². The number of para-hydroxylation sites is 4. The second-order valence-corrected chi connectivity index (χ2v) is 22.2. The minimum atomic E-state index is -0.574. The lowest BCUT2D eigenvalue weighted by Crippen LogP contribution is -2.32. The van der Waals surface area contributed by atoms with Crippen LogP contribution < -0.4 is 14.4 Å². The Morgan fingerprint density at radius 2 is 0.578 bits per heavy atom. The standard InChI is InChI=1S/C80H51NO2/c1-2-20-52(21-3-1)54-22-16-23-55(48-54)53-42-45-59(46-43-53)81(60-26-17-24-56(49-60)57-44-47-64-63-28-4-6-31-66(63)80(73(64)51-57)70-35-10-14-40-76(70)83-77-41-15-11-36-71(77)80)61-27-18-25-58(50-61)62-30-19-37-72-78(62)65-29-5-7-32-67(65)79(72)68-33-8-12-38-74(68)82-75-39-13-9-34-69(75)79/h1-51H. The molecule has 0 fully saturated rings. The van der Waals surface area contributed by atoms with E-state index in [2.05, 4.69) is 314 Å². The van der Waals surface area contributed by atoms with Crippen molar-refractivity contribution in [1.82, 2.24) is 0 Å². The summed E-state index contributed by atoms with van der Waals surface area (Å²) < 4.78 is 13.4. The monoisotopic (exact) mass is 1060 g/mol. The van der Waals surface area contributed by atoms with Crippen molar-refractivity contribution in [3.63, 3.8) is 0 Å². The molecule has 0 N–H and O–H groups in total. The second kappa shape index (κ2) is 18.4. The van der Waals surface area contributed by atoms with Gasteiger partial charge >= 0.3 is 0 Å². The number of ether oxygens (including phenoxy) is 2. The highest BCUT2D eigenvalue weighted by Crippen LogP contribution is 2.65. The highest BCUT2D eigenvalue weighted by molar-refractivity contribution is 5.98. The predicted octanol–water partition coefficient (Wildman–Crippen LogP) is 20.8. The first-order valence-electron chi connectivity index (χ1n) is 28.6. The van der Waals surface area contributed by atoms with E-state index in [1.165, 1.54) is 66.8 Å². The van der Waals surface area contributed by atoms with Gasteiger partial charge in [0.2, 0.25) is 0 Å². The lowest BCUT2D eigenvalue weighted by atomic mass is 9.66. The zero-order valence-corrected chi connectivity index (χ0v) is 45.2. The van der Waals surface area contributed by atoms with E-state index in [0.717, 1.165) is 84.6 Å².